The van der Waals surface area contributed by atoms with Crippen molar-refractivity contribution in [2.45, 2.75) is 38.5 Å². The first-order chi connectivity index (χ1) is 12.4. The molecule has 0 saturated heterocycles. The van der Waals surface area contributed by atoms with Crippen LogP contribution in [0.15, 0.2) is 12.7 Å². The van der Waals surface area contributed by atoms with Gasteiger partial charge in [0, 0.05) is 24.0 Å². The lowest BCUT2D eigenvalue weighted by atomic mass is 9.96. The van der Waals surface area contributed by atoms with Crippen molar-refractivity contribution in [3.8, 4) is 0 Å². The summed E-state index contributed by atoms with van der Waals surface area (Å²) >= 11 is 11.8. The number of hydrogen-bond donors (Lipinski definition) is 2. The summed E-state index contributed by atoms with van der Waals surface area (Å²) in [4.78, 5) is 37.9. The van der Waals surface area contributed by atoms with Crippen molar-refractivity contribution in [3.63, 3.8) is 0 Å². The third kappa shape index (κ3) is 3.76. The molecule has 1 unspecified atom stereocenters. The summed E-state index contributed by atoms with van der Waals surface area (Å²) in [6.07, 6.45) is 3.58. The van der Waals surface area contributed by atoms with Gasteiger partial charge in [-0.05, 0) is 11.8 Å². The Kier molecular flexibility index (Phi) is 5.33. The van der Waals surface area contributed by atoms with Crippen LogP contribution >= 0.6 is 23.2 Å². The molecule has 4 heterocycles. The Hall–Kier alpha value is -2.32. The summed E-state index contributed by atoms with van der Waals surface area (Å²) in [6.45, 7) is 3.87. The lowest BCUT2D eigenvalue weighted by molar-refractivity contribution is -0.117. The van der Waals surface area contributed by atoms with E-state index in [2.05, 4.69) is 30.6 Å². The minimum Gasteiger partial charge on any atom is -0.310 e. The molecule has 2 aliphatic heterocycles. The number of amides is 2. The van der Waals surface area contributed by atoms with Crippen molar-refractivity contribution in [1.82, 2.24) is 19.9 Å². The fourth-order valence-corrected chi connectivity index (χ4v) is 3.59. The normalized spacial score (nSPS) is 20.8. The summed E-state index contributed by atoms with van der Waals surface area (Å²) in [7, 11) is 0. The maximum atomic E-state index is 11.1. The number of anilines is 2. The topological polar surface area (TPSA) is 110 Å². The number of halogens is 2. The first-order valence-electron chi connectivity index (χ1n) is 7.97. The lowest BCUT2D eigenvalue weighted by Gasteiger charge is -2.21. The standard InChI is InChI=1S/2C8H8ClN3O/c2*1-4-2-5(13)12-8-6(4)7(9)10-3-11-8/h2*3-4H,2H2,1H3,(H,10,11,12,13)/t4-;/m1./s1. The molecule has 8 nitrogen and oxygen atoms in total. The van der Waals surface area contributed by atoms with E-state index in [1.807, 2.05) is 13.8 Å². The summed E-state index contributed by atoms with van der Waals surface area (Å²) in [5, 5.41) is 6.17. The number of carbonyl (C=O) groups excluding carboxylic acids is 2. The van der Waals surface area contributed by atoms with E-state index in [1.165, 1.54) is 12.7 Å². The number of rotatable bonds is 0. The second-order valence-electron chi connectivity index (χ2n) is 6.16. The first kappa shape index (κ1) is 18.5. The van der Waals surface area contributed by atoms with Gasteiger partial charge < -0.3 is 10.6 Å². The van der Waals surface area contributed by atoms with E-state index in [1.54, 1.807) is 0 Å². The molecule has 136 valence electrons. The van der Waals surface area contributed by atoms with Gasteiger partial charge >= 0.3 is 0 Å². The van der Waals surface area contributed by atoms with Crippen LogP contribution in [0.3, 0.4) is 0 Å². The van der Waals surface area contributed by atoms with E-state index in [0.29, 0.717) is 34.8 Å². The average Bonchev–Trinajstić information content (AvgIpc) is 2.54. The smallest absolute Gasteiger partial charge is 0.226 e. The highest BCUT2D eigenvalue weighted by Crippen LogP contribution is 2.34. The van der Waals surface area contributed by atoms with Crippen molar-refractivity contribution in [1.29, 1.82) is 0 Å². The molecule has 2 amide bonds. The molecule has 2 N–H and O–H groups in total. The van der Waals surface area contributed by atoms with Crippen LogP contribution < -0.4 is 10.6 Å². The molecule has 2 aliphatic rings. The molecular weight excluding hydrogens is 379 g/mol. The predicted molar refractivity (Wildman–Crippen MR) is 97.4 cm³/mol. The van der Waals surface area contributed by atoms with Crippen molar-refractivity contribution in [2.75, 3.05) is 10.6 Å². The SMILES string of the molecule is CC1CC(=O)Nc2ncnc(Cl)c21.C[C@@H]1CC(=O)Nc2ncnc(Cl)c21. The van der Waals surface area contributed by atoms with Crippen molar-refractivity contribution in [3.05, 3.63) is 34.1 Å². The van der Waals surface area contributed by atoms with Crippen LogP contribution in [0, 0.1) is 0 Å². The quantitative estimate of drug-likeness (QED) is 0.664. The Balaban J connectivity index is 0.000000151. The molecule has 2 aromatic rings. The molecule has 10 heteroatoms. The molecule has 0 spiro atoms. The molecule has 4 rings (SSSR count). The fourth-order valence-electron chi connectivity index (χ4n) is 2.95. The van der Waals surface area contributed by atoms with Gasteiger partial charge in [-0.1, -0.05) is 37.0 Å². The van der Waals surface area contributed by atoms with Crippen LogP contribution in [-0.4, -0.2) is 31.8 Å². The molecular formula is C16H16Cl2N6O2. The summed E-state index contributed by atoms with van der Waals surface area (Å²) < 4.78 is 0. The molecule has 0 radical (unpaired) electrons. The van der Waals surface area contributed by atoms with Crippen LogP contribution in [0.1, 0.15) is 49.7 Å². The van der Waals surface area contributed by atoms with Gasteiger partial charge in [0.05, 0.1) is 0 Å². The predicted octanol–water partition coefficient (Wildman–Crippen LogP) is 3.15. The molecule has 2 atom stereocenters. The number of nitrogens with one attached hydrogen (secondary N) is 2. The Morgan fingerprint density at radius 1 is 0.808 bits per heavy atom. The number of fused-ring (bicyclic) bond motifs is 2. The number of hydrogen-bond acceptors (Lipinski definition) is 6. The van der Waals surface area contributed by atoms with Crippen molar-refractivity contribution >= 4 is 46.7 Å². The van der Waals surface area contributed by atoms with Crippen LogP contribution in [-0.2, 0) is 9.59 Å². The van der Waals surface area contributed by atoms with E-state index in [4.69, 9.17) is 23.2 Å². The van der Waals surface area contributed by atoms with Crippen LogP contribution in [0.2, 0.25) is 10.3 Å². The maximum Gasteiger partial charge on any atom is 0.226 e. The minimum atomic E-state index is -0.0187. The zero-order valence-electron chi connectivity index (χ0n) is 14.1. The summed E-state index contributed by atoms with van der Waals surface area (Å²) in [5.74, 6) is 1.24. The average molecular weight is 395 g/mol. The van der Waals surface area contributed by atoms with Gasteiger partial charge in [-0.25, -0.2) is 19.9 Å². The van der Waals surface area contributed by atoms with Gasteiger partial charge in [-0.2, -0.15) is 0 Å². The van der Waals surface area contributed by atoms with Crippen molar-refractivity contribution < 1.29 is 9.59 Å². The Morgan fingerprint density at radius 3 is 1.58 bits per heavy atom. The number of aromatic nitrogens is 4. The molecule has 0 aliphatic carbocycles. The third-order valence-electron chi connectivity index (χ3n) is 4.15. The van der Waals surface area contributed by atoms with Gasteiger partial charge in [0.25, 0.3) is 0 Å². The van der Waals surface area contributed by atoms with E-state index < -0.39 is 0 Å². The highest BCUT2D eigenvalue weighted by atomic mass is 35.5. The molecule has 2 aromatic heterocycles. The summed E-state index contributed by atoms with van der Waals surface area (Å²) in [6, 6.07) is 0. The Bertz CT molecular complexity index is 804. The zero-order valence-corrected chi connectivity index (χ0v) is 15.6. The van der Waals surface area contributed by atoms with Crippen LogP contribution in [0.5, 0.6) is 0 Å². The van der Waals surface area contributed by atoms with Crippen molar-refractivity contribution in [2.24, 2.45) is 0 Å². The second kappa shape index (κ2) is 7.51. The largest absolute Gasteiger partial charge is 0.310 e. The monoisotopic (exact) mass is 394 g/mol. The van der Waals surface area contributed by atoms with Crippen LogP contribution in [0.25, 0.3) is 0 Å². The molecule has 0 saturated carbocycles. The maximum absolute atomic E-state index is 11.1. The highest BCUT2D eigenvalue weighted by Gasteiger charge is 2.26. The third-order valence-corrected chi connectivity index (χ3v) is 4.76. The van der Waals surface area contributed by atoms with Gasteiger partial charge in [-0.3, -0.25) is 9.59 Å². The molecule has 0 aromatic carbocycles. The van der Waals surface area contributed by atoms with E-state index in [9.17, 15) is 9.59 Å². The summed E-state index contributed by atoms with van der Waals surface area (Å²) in [5.41, 5.74) is 1.67. The van der Waals surface area contributed by atoms with Gasteiger partial charge in [0.2, 0.25) is 11.8 Å². The lowest BCUT2D eigenvalue weighted by Crippen LogP contribution is -2.23. The Labute approximate surface area is 159 Å². The fraction of sp³-hybridized carbons (Fsp3) is 0.375. The van der Waals surface area contributed by atoms with E-state index >= 15 is 0 Å². The van der Waals surface area contributed by atoms with Gasteiger partial charge in [-0.15, -0.1) is 0 Å². The van der Waals surface area contributed by atoms with E-state index in [-0.39, 0.29) is 23.7 Å². The van der Waals surface area contributed by atoms with E-state index in [0.717, 1.165) is 11.1 Å². The number of nitrogens with zero attached hydrogens (tertiary/aromatic N) is 4. The Morgan fingerprint density at radius 2 is 1.19 bits per heavy atom. The highest BCUT2D eigenvalue weighted by molar-refractivity contribution is 6.31. The molecule has 26 heavy (non-hydrogen) atoms. The molecule has 0 fully saturated rings. The van der Waals surface area contributed by atoms with Crippen LogP contribution in [0.4, 0.5) is 11.6 Å². The first-order valence-corrected chi connectivity index (χ1v) is 8.73. The van der Waals surface area contributed by atoms with Gasteiger partial charge in [0.15, 0.2) is 0 Å². The zero-order chi connectivity index (χ0) is 18.8. The second-order valence-corrected chi connectivity index (χ2v) is 6.88. The number of carbonyl (C=O) groups is 2. The van der Waals surface area contributed by atoms with Gasteiger partial charge in [0.1, 0.15) is 34.6 Å². The molecule has 0 bridgehead atoms. The minimum absolute atomic E-state index is 0.0187.